The summed E-state index contributed by atoms with van der Waals surface area (Å²) < 4.78 is 68.3. The van der Waals surface area contributed by atoms with Crippen LogP contribution in [0, 0.1) is 5.82 Å². The fraction of sp³-hybridized carbons (Fsp3) is 0.600. The number of cyclic esters (lactones) is 2. The fourth-order valence-electron chi connectivity index (χ4n) is 2.89. The first-order chi connectivity index (χ1) is 13.7. The maximum absolute atomic E-state index is 15.3. The van der Waals surface area contributed by atoms with Crippen LogP contribution in [0.1, 0.15) is 53.0 Å². The van der Waals surface area contributed by atoms with Gasteiger partial charge in [0.05, 0.1) is 0 Å². The normalized spacial score (nSPS) is 21.4. The van der Waals surface area contributed by atoms with Crippen LogP contribution in [0.25, 0.3) is 0 Å². The number of alkyl halides is 2. The molecule has 0 aliphatic carbocycles. The minimum Gasteiger partial charge on any atom is -0.598 e. The first-order valence-electron chi connectivity index (χ1n) is 9.33. The lowest BCUT2D eigenvalue weighted by atomic mass is 9.83. The molecule has 1 heterocycles. The van der Waals surface area contributed by atoms with Gasteiger partial charge in [-0.05, 0) is 33.3 Å². The number of benzene rings is 1. The minimum absolute atomic E-state index is 0.202. The van der Waals surface area contributed by atoms with Crippen LogP contribution in [-0.4, -0.2) is 39.4 Å². The second-order valence-electron chi connectivity index (χ2n) is 8.66. The third-order valence-electron chi connectivity index (χ3n) is 4.68. The number of esters is 2. The van der Waals surface area contributed by atoms with Gasteiger partial charge in [-0.25, -0.2) is 22.8 Å². The maximum atomic E-state index is 15.3. The van der Waals surface area contributed by atoms with Crippen molar-refractivity contribution in [3.8, 4) is 0 Å². The molecule has 0 saturated carbocycles. The lowest BCUT2D eigenvalue weighted by Gasteiger charge is -2.39. The second kappa shape index (κ2) is 8.39. The predicted octanol–water partition coefficient (Wildman–Crippen LogP) is 3.37. The number of rotatable bonds is 7. The standard InChI is InChI=1S/C20H26F3NO5S/c1-17(2,3)30(27)24-19(12-21,13-8-6-7-9-14(13)22)10-11-20(23)15(25)28-18(4,5)29-16(20)26/h6-9,24H,10-12H2,1-5H3/t19-,30-/m1/s1. The molecule has 6 nitrogen and oxygen atoms in total. The highest BCUT2D eigenvalue weighted by Crippen LogP contribution is 2.38. The summed E-state index contributed by atoms with van der Waals surface area (Å²) >= 11 is -1.88. The third kappa shape index (κ3) is 4.92. The predicted molar refractivity (Wildman–Crippen MR) is 104 cm³/mol. The topological polar surface area (TPSA) is 87.7 Å². The van der Waals surface area contributed by atoms with E-state index in [4.69, 9.17) is 9.47 Å². The molecule has 2 atom stereocenters. The highest BCUT2D eigenvalue weighted by atomic mass is 32.2. The van der Waals surface area contributed by atoms with Crippen molar-refractivity contribution in [3.63, 3.8) is 0 Å². The van der Waals surface area contributed by atoms with Gasteiger partial charge in [-0.15, -0.1) is 4.72 Å². The Bertz CT molecular complexity index is 794. The molecule has 1 N–H and O–H groups in total. The average molecular weight is 449 g/mol. The molecule has 30 heavy (non-hydrogen) atoms. The molecular formula is C20H26F3NO5S. The van der Waals surface area contributed by atoms with Gasteiger partial charge in [-0.2, -0.15) is 0 Å². The molecule has 10 heteroatoms. The Morgan fingerprint density at radius 1 is 1.13 bits per heavy atom. The first-order valence-corrected chi connectivity index (χ1v) is 10.5. The van der Waals surface area contributed by atoms with Crippen LogP contribution in [0.4, 0.5) is 13.2 Å². The molecule has 0 bridgehead atoms. The molecule has 1 fully saturated rings. The Balaban J connectivity index is 2.42. The number of carbonyl (C=O) groups excluding carboxylic acids is 2. The maximum Gasteiger partial charge on any atom is 0.359 e. The van der Waals surface area contributed by atoms with Crippen molar-refractivity contribution in [1.29, 1.82) is 0 Å². The van der Waals surface area contributed by atoms with Crippen molar-refractivity contribution in [2.24, 2.45) is 0 Å². The number of ether oxygens (including phenoxy) is 2. The summed E-state index contributed by atoms with van der Waals surface area (Å²) in [5.74, 6) is -5.39. The summed E-state index contributed by atoms with van der Waals surface area (Å²) in [4.78, 5) is 24.4. The minimum atomic E-state index is -3.20. The molecule has 2 rings (SSSR count). The van der Waals surface area contributed by atoms with Crippen LogP contribution in [0.5, 0.6) is 0 Å². The number of nitrogens with one attached hydrogen (secondary N) is 1. The van der Waals surface area contributed by atoms with Crippen LogP contribution in [0.15, 0.2) is 24.3 Å². The molecule has 0 radical (unpaired) electrons. The Morgan fingerprint density at radius 3 is 2.13 bits per heavy atom. The number of carbonyl (C=O) groups is 2. The van der Waals surface area contributed by atoms with E-state index in [1.165, 1.54) is 32.0 Å². The molecule has 0 amide bonds. The van der Waals surface area contributed by atoms with E-state index in [0.29, 0.717) is 0 Å². The quantitative estimate of drug-likeness (QED) is 0.390. The molecule has 0 unspecified atom stereocenters. The molecule has 1 aliphatic rings. The summed E-state index contributed by atoms with van der Waals surface area (Å²) in [6.07, 6.45) is -1.44. The van der Waals surface area contributed by atoms with Crippen molar-refractivity contribution in [3.05, 3.63) is 35.6 Å². The molecule has 0 aromatic heterocycles. The molecule has 0 spiro atoms. The zero-order chi connectivity index (χ0) is 23.0. The van der Waals surface area contributed by atoms with E-state index in [0.717, 1.165) is 6.07 Å². The highest BCUT2D eigenvalue weighted by Gasteiger charge is 2.58. The van der Waals surface area contributed by atoms with E-state index < -0.39 is 70.4 Å². The van der Waals surface area contributed by atoms with E-state index in [-0.39, 0.29) is 5.56 Å². The largest absolute Gasteiger partial charge is 0.598 e. The Labute approximate surface area is 176 Å². The Hall–Kier alpha value is -1.78. The summed E-state index contributed by atoms with van der Waals surface area (Å²) in [5, 5.41) is 0. The summed E-state index contributed by atoms with van der Waals surface area (Å²) in [6, 6.07) is 5.18. The van der Waals surface area contributed by atoms with E-state index >= 15 is 4.39 Å². The molecule has 1 aliphatic heterocycles. The zero-order valence-electron chi connectivity index (χ0n) is 17.5. The SMILES string of the molecule is CC1(C)OC(=O)C(F)(CC[C@](CF)(N[S@+]([O-])C(C)(C)C)c2ccccc2F)C(=O)O1. The van der Waals surface area contributed by atoms with Gasteiger partial charge in [-0.1, -0.05) is 18.2 Å². The summed E-state index contributed by atoms with van der Waals surface area (Å²) in [7, 11) is 0. The number of hydrogen-bond donors (Lipinski definition) is 1. The van der Waals surface area contributed by atoms with Crippen LogP contribution in [0.2, 0.25) is 0 Å². The van der Waals surface area contributed by atoms with Crippen LogP contribution in [-0.2, 0) is 36.0 Å². The van der Waals surface area contributed by atoms with Crippen molar-refractivity contribution in [2.75, 3.05) is 6.67 Å². The summed E-state index contributed by atoms with van der Waals surface area (Å²) in [5.41, 5.74) is -5.37. The monoisotopic (exact) mass is 449 g/mol. The smallest absolute Gasteiger partial charge is 0.359 e. The van der Waals surface area contributed by atoms with Gasteiger partial charge in [-0.3, -0.25) is 0 Å². The third-order valence-corrected chi connectivity index (χ3v) is 6.37. The van der Waals surface area contributed by atoms with Crippen molar-refractivity contribution >= 4 is 23.3 Å². The van der Waals surface area contributed by atoms with Crippen molar-refractivity contribution in [2.45, 2.75) is 69.2 Å². The lowest BCUT2D eigenvalue weighted by Crippen LogP contribution is -2.58. The molecule has 1 saturated heterocycles. The van der Waals surface area contributed by atoms with Gasteiger partial charge in [0.2, 0.25) is 0 Å². The second-order valence-corrected chi connectivity index (χ2v) is 10.6. The average Bonchev–Trinajstić information content (AvgIpc) is 2.62. The highest BCUT2D eigenvalue weighted by molar-refractivity contribution is 7.90. The van der Waals surface area contributed by atoms with Gasteiger partial charge in [0, 0.05) is 37.2 Å². The van der Waals surface area contributed by atoms with Crippen molar-refractivity contribution < 1.29 is 36.8 Å². The van der Waals surface area contributed by atoms with Gasteiger partial charge in [0.25, 0.3) is 5.79 Å². The Kier molecular flexibility index (Phi) is 6.85. The molecule has 1 aromatic rings. The van der Waals surface area contributed by atoms with Gasteiger partial charge in [0.1, 0.15) is 22.8 Å². The number of halogens is 3. The zero-order valence-corrected chi connectivity index (χ0v) is 18.3. The van der Waals surface area contributed by atoms with Crippen LogP contribution >= 0.6 is 0 Å². The van der Waals surface area contributed by atoms with E-state index in [9.17, 15) is 22.9 Å². The summed E-state index contributed by atoms with van der Waals surface area (Å²) in [6.45, 7) is 6.11. The first kappa shape index (κ1) is 24.5. The van der Waals surface area contributed by atoms with E-state index in [1.807, 2.05) is 0 Å². The van der Waals surface area contributed by atoms with E-state index in [2.05, 4.69) is 4.72 Å². The lowest BCUT2D eigenvalue weighted by molar-refractivity contribution is -0.253. The fourth-order valence-corrected chi connectivity index (χ4v) is 3.82. The van der Waals surface area contributed by atoms with Crippen molar-refractivity contribution in [1.82, 2.24) is 4.72 Å². The van der Waals surface area contributed by atoms with Gasteiger partial charge >= 0.3 is 17.6 Å². The Morgan fingerprint density at radius 2 is 1.67 bits per heavy atom. The van der Waals surface area contributed by atoms with Crippen LogP contribution in [0.3, 0.4) is 0 Å². The van der Waals surface area contributed by atoms with Crippen LogP contribution < -0.4 is 4.72 Å². The van der Waals surface area contributed by atoms with E-state index in [1.54, 1.807) is 20.8 Å². The molecule has 1 aromatic carbocycles. The molecule has 168 valence electrons. The number of hydrogen-bond acceptors (Lipinski definition) is 6. The van der Waals surface area contributed by atoms with Gasteiger partial charge in [0.15, 0.2) is 0 Å². The molecular weight excluding hydrogens is 423 g/mol. The van der Waals surface area contributed by atoms with Gasteiger partial charge < -0.3 is 14.0 Å².